The van der Waals surface area contributed by atoms with Gasteiger partial charge in [-0.1, -0.05) is 5.92 Å². The predicted octanol–water partition coefficient (Wildman–Crippen LogP) is 0.246. The van der Waals surface area contributed by atoms with Gasteiger partial charge in [0.25, 0.3) is 0 Å². The predicted molar refractivity (Wildman–Crippen MR) is 40.3 cm³/mol. The Morgan fingerprint density at radius 3 is 2.91 bits per heavy atom. The van der Waals surface area contributed by atoms with Gasteiger partial charge in [0.1, 0.15) is 6.61 Å². The number of ether oxygens (including phenoxy) is 1. The van der Waals surface area contributed by atoms with Gasteiger partial charge in [-0.15, -0.1) is 6.42 Å². The molecule has 0 bridgehead atoms. The molecule has 0 aliphatic carbocycles. The maximum atomic E-state index is 10.2. The van der Waals surface area contributed by atoms with E-state index in [1.165, 1.54) is 7.05 Å². The summed E-state index contributed by atoms with van der Waals surface area (Å²) in [6.07, 6.45) is 3.94. The second-order valence-electron chi connectivity index (χ2n) is 1.96. The van der Waals surface area contributed by atoms with Gasteiger partial charge in [-0.25, -0.2) is 4.79 Å². The fourth-order valence-corrected chi connectivity index (χ4v) is 0.428. The molecule has 0 heterocycles. The molecule has 11 heavy (non-hydrogen) atoms. The number of hydrogen-bond acceptors (Lipinski definition) is 2. The summed E-state index contributed by atoms with van der Waals surface area (Å²) in [7, 11) is 1.47. The molecule has 0 saturated carbocycles. The molecule has 4 heteroatoms. The number of hydrogen-bond donors (Lipinski definition) is 1. The summed E-state index contributed by atoms with van der Waals surface area (Å²) in [6.45, 7) is 0.914. The molecule has 0 rings (SSSR count). The number of amides is 1. The van der Waals surface area contributed by atoms with Crippen LogP contribution < -0.4 is 0 Å². The molecule has 1 N–H and O–H groups in total. The molecule has 0 atom stereocenters. The second kappa shape index (κ2) is 5.57. The van der Waals surface area contributed by atoms with Crippen molar-refractivity contribution in [3.63, 3.8) is 0 Å². The maximum absolute atomic E-state index is 10.2. The first-order valence-electron chi connectivity index (χ1n) is 3.13. The van der Waals surface area contributed by atoms with Crippen molar-refractivity contribution in [3.8, 4) is 12.3 Å². The van der Waals surface area contributed by atoms with E-state index in [0.29, 0.717) is 13.2 Å². The van der Waals surface area contributed by atoms with Crippen LogP contribution in [0.4, 0.5) is 4.79 Å². The van der Waals surface area contributed by atoms with Crippen molar-refractivity contribution < 1.29 is 14.6 Å². The lowest BCUT2D eigenvalue weighted by atomic mass is 10.6. The van der Waals surface area contributed by atoms with E-state index in [1.807, 2.05) is 0 Å². The van der Waals surface area contributed by atoms with Crippen molar-refractivity contribution in [2.75, 3.05) is 26.8 Å². The van der Waals surface area contributed by atoms with E-state index in [1.54, 1.807) is 0 Å². The minimum absolute atomic E-state index is 0.230. The minimum Gasteiger partial charge on any atom is -0.465 e. The largest absolute Gasteiger partial charge is 0.465 e. The highest BCUT2D eigenvalue weighted by molar-refractivity contribution is 5.64. The molecular weight excluding hydrogens is 146 g/mol. The summed E-state index contributed by atoms with van der Waals surface area (Å²) in [5, 5.41) is 8.37. The molecule has 0 fully saturated rings. The third-order valence-electron chi connectivity index (χ3n) is 1.08. The van der Waals surface area contributed by atoms with Gasteiger partial charge < -0.3 is 14.7 Å². The Morgan fingerprint density at radius 1 is 1.82 bits per heavy atom. The Balaban J connectivity index is 3.26. The third-order valence-corrected chi connectivity index (χ3v) is 1.08. The zero-order valence-corrected chi connectivity index (χ0v) is 6.41. The van der Waals surface area contributed by atoms with Crippen molar-refractivity contribution in [2.24, 2.45) is 0 Å². The zero-order chi connectivity index (χ0) is 8.69. The molecule has 0 radical (unpaired) electrons. The first-order valence-corrected chi connectivity index (χ1v) is 3.13. The Morgan fingerprint density at radius 2 is 2.45 bits per heavy atom. The average molecular weight is 157 g/mol. The molecule has 4 nitrogen and oxygen atoms in total. The van der Waals surface area contributed by atoms with Crippen LogP contribution in [0.15, 0.2) is 0 Å². The number of carbonyl (C=O) groups is 1. The van der Waals surface area contributed by atoms with Crippen LogP contribution in [0.5, 0.6) is 0 Å². The van der Waals surface area contributed by atoms with E-state index in [4.69, 9.17) is 16.3 Å². The van der Waals surface area contributed by atoms with Gasteiger partial charge in [0.05, 0.1) is 6.61 Å². The fourth-order valence-electron chi connectivity index (χ4n) is 0.428. The Kier molecular flexibility index (Phi) is 4.95. The topological polar surface area (TPSA) is 49.8 Å². The Bertz CT molecular complexity index is 162. The molecule has 0 aromatic carbocycles. The monoisotopic (exact) mass is 157 g/mol. The second-order valence-corrected chi connectivity index (χ2v) is 1.96. The summed E-state index contributed by atoms with van der Waals surface area (Å²) >= 11 is 0. The lowest BCUT2D eigenvalue weighted by Gasteiger charge is -2.11. The van der Waals surface area contributed by atoms with Gasteiger partial charge >= 0.3 is 6.09 Å². The normalized spacial score (nSPS) is 8.73. The van der Waals surface area contributed by atoms with Crippen molar-refractivity contribution in [1.82, 2.24) is 4.90 Å². The fraction of sp³-hybridized carbons (Fsp3) is 0.571. The van der Waals surface area contributed by atoms with Crippen LogP contribution in [-0.4, -0.2) is 42.9 Å². The molecule has 0 aromatic rings. The summed E-state index contributed by atoms with van der Waals surface area (Å²) in [6, 6.07) is 0. The quantitative estimate of drug-likeness (QED) is 0.470. The number of rotatable bonds is 4. The molecule has 1 amide bonds. The highest BCUT2D eigenvalue weighted by atomic mass is 16.5. The molecule has 0 aliphatic rings. The standard InChI is InChI=1S/C7H11NO3/c1-3-5-11-6-4-8(2)7(9)10/h1H,4-6H2,2H3,(H,9,10). The molecule has 0 unspecified atom stereocenters. The van der Waals surface area contributed by atoms with E-state index in [0.717, 1.165) is 4.90 Å². The van der Waals surface area contributed by atoms with Crippen molar-refractivity contribution >= 4 is 6.09 Å². The molecule has 0 aliphatic heterocycles. The molecule has 0 aromatic heterocycles. The summed E-state index contributed by atoms with van der Waals surface area (Å²) in [5.41, 5.74) is 0. The highest BCUT2D eigenvalue weighted by Gasteiger charge is 2.02. The van der Waals surface area contributed by atoms with Gasteiger partial charge in [0.2, 0.25) is 0 Å². The number of carboxylic acid groups (broad SMARTS) is 1. The zero-order valence-electron chi connectivity index (χ0n) is 6.41. The average Bonchev–Trinajstić information content (AvgIpc) is 1.97. The van der Waals surface area contributed by atoms with Gasteiger partial charge in [-0.05, 0) is 0 Å². The number of nitrogens with zero attached hydrogens (tertiary/aromatic N) is 1. The maximum Gasteiger partial charge on any atom is 0.407 e. The van der Waals surface area contributed by atoms with Crippen LogP contribution in [0.25, 0.3) is 0 Å². The van der Waals surface area contributed by atoms with Crippen LogP contribution >= 0.6 is 0 Å². The van der Waals surface area contributed by atoms with Crippen LogP contribution in [0.3, 0.4) is 0 Å². The smallest absolute Gasteiger partial charge is 0.407 e. The van der Waals surface area contributed by atoms with Gasteiger partial charge in [-0.3, -0.25) is 0 Å². The SMILES string of the molecule is C#CCOCCN(C)C(=O)O. The van der Waals surface area contributed by atoms with Gasteiger partial charge in [0, 0.05) is 13.6 Å². The van der Waals surface area contributed by atoms with Gasteiger partial charge in [-0.2, -0.15) is 0 Å². The minimum atomic E-state index is -0.964. The Labute approximate surface area is 65.8 Å². The van der Waals surface area contributed by atoms with Gasteiger partial charge in [0.15, 0.2) is 0 Å². The first kappa shape index (κ1) is 9.79. The molecule has 62 valence electrons. The van der Waals surface area contributed by atoms with Crippen LogP contribution in [0, 0.1) is 12.3 Å². The van der Waals surface area contributed by atoms with Crippen molar-refractivity contribution in [2.45, 2.75) is 0 Å². The summed E-state index contributed by atoms with van der Waals surface area (Å²) in [5.74, 6) is 2.28. The van der Waals surface area contributed by atoms with E-state index < -0.39 is 6.09 Å². The van der Waals surface area contributed by atoms with E-state index in [9.17, 15) is 4.79 Å². The van der Waals surface area contributed by atoms with E-state index in [-0.39, 0.29) is 6.61 Å². The van der Waals surface area contributed by atoms with Crippen molar-refractivity contribution in [1.29, 1.82) is 0 Å². The number of terminal acetylenes is 1. The number of likely N-dealkylation sites (N-methyl/N-ethyl adjacent to an activating group) is 1. The highest BCUT2D eigenvalue weighted by Crippen LogP contribution is 1.83. The Hall–Kier alpha value is -1.21. The lowest BCUT2D eigenvalue weighted by molar-refractivity contribution is 0.119. The first-order chi connectivity index (χ1) is 5.18. The van der Waals surface area contributed by atoms with E-state index in [2.05, 4.69) is 5.92 Å². The van der Waals surface area contributed by atoms with Crippen LogP contribution in [0.2, 0.25) is 0 Å². The third kappa shape index (κ3) is 5.25. The van der Waals surface area contributed by atoms with Crippen LogP contribution in [0.1, 0.15) is 0 Å². The molecular formula is C7H11NO3. The molecule has 0 saturated heterocycles. The van der Waals surface area contributed by atoms with Crippen LogP contribution in [-0.2, 0) is 4.74 Å². The lowest BCUT2D eigenvalue weighted by Crippen LogP contribution is -2.28. The molecule has 0 spiro atoms. The summed E-state index contributed by atoms with van der Waals surface area (Å²) < 4.78 is 4.86. The summed E-state index contributed by atoms with van der Waals surface area (Å²) in [4.78, 5) is 11.3. The van der Waals surface area contributed by atoms with Crippen molar-refractivity contribution in [3.05, 3.63) is 0 Å². The van der Waals surface area contributed by atoms with E-state index >= 15 is 0 Å².